The summed E-state index contributed by atoms with van der Waals surface area (Å²) in [6.07, 6.45) is 2.11. The first-order valence-electron chi connectivity index (χ1n) is 5.62. The van der Waals surface area contributed by atoms with E-state index in [-0.39, 0.29) is 34.2 Å². The van der Waals surface area contributed by atoms with Gasteiger partial charge in [-0.25, -0.2) is 0 Å². The van der Waals surface area contributed by atoms with E-state index >= 15 is 0 Å². The van der Waals surface area contributed by atoms with Crippen molar-refractivity contribution in [1.29, 1.82) is 0 Å². The number of imide groups is 1. The van der Waals surface area contributed by atoms with Crippen molar-refractivity contribution in [1.82, 2.24) is 9.80 Å². The number of carbonyl (C=O) groups excluding carboxylic acids is 2. The lowest BCUT2D eigenvalue weighted by Gasteiger charge is -2.35. The molecular weight excluding hydrogens is 272 g/mol. The van der Waals surface area contributed by atoms with Crippen LogP contribution in [0.15, 0.2) is 0 Å². The van der Waals surface area contributed by atoms with E-state index in [4.69, 9.17) is 0 Å². The molecule has 2 aliphatic rings. The first-order valence-corrected chi connectivity index (χ1v) is 5.62. The molecule has 0 N–H and O–H groups in total. The zero-order valence-corrected chi connectivity index (χ0v) is 11.4. The van der Waals surface area contributed by atoms with Gasteiger partial charge in [0.25, 0.3) is 0 Å². The Kier molecular flexibility index (Phi) is 4.12. The molecule has 92 valence electrons. The molecule has 1 spiro atoms. The van der Waals surface area contributed by atoms with Crippen molar-refractivity contribution >= 4 is 11.8 Å². The quantitative estimate of drug-likeness (QED) is 0.501. The maximum Gasteiger partial charge on any atom is 0.235 e. The van der Waals surface area contributed by atoms with E-state index < -0.39 is 0 Å². The molecule has 0 radical (unpaired) electrons. The van der Waals surface area contributed by atoms with Crippen LogP contribution in [-0.2, 0) is 9.59 Å². The van der Waals surface area contributed by atoms with Gasteiger partial charge in [-0.3, -0.25) is 14.5 Å². The van der Waals surface area contributed by atoms with Crippen molar-refractivity contribution in [3.05, 3.63) is 0 Å². The van der Waals surface area contributed by atoms with Crippen molar-refractivity contribution in [2.45, 2.75) is 26.2 Å². The van der Waals surface area contributed by atoms with Gasteiger partial charge >= 0.3 is 0 Å². The van der Waals surface area contributed by atoms with Gasteiger partial charge in [-0.15, -0.1) is 0 Å². The average molecular weight is 290 g/mol. The van der Waals surface area contributed by atoms with Crippen LogP contribution in [0, 0.1) is 5.41 Å². The van der Waals surface area contributed by atoms with Crippen molar-refractivity contribution < 1.29 is 26.6 Å². The van der Waals surface area contributed by atoms with Crippen LogP contribution in [0.1, 0.15) is 26.2 Å². The Hall–Kier alpha value is -0.420. The highest BCUT2D eigenvalue weighted by Crippen LogP contribution is 2.41. The minimum atomic E-state index is -0.348. The molecule has 5 heteroatoms. The monoisotopic (exact) mass is 289 g/mol. The molecular formula is C11H18BrN2O2-. The minimum Gasteiger partial charge on any atom is -1.00 e. The Balaban J connectivity index is 0.00000128. The molecule has 0 aromatic rings. The molecule has 0 saturated carbocycles. The molecule has 2 saturated heterocycles. The Morgan fingerprint density at radius 1 is 1.25 bits per heavy atom. The fraction of sp³-hybridized carbons (Fsp3) is 0.818. The molecule has 0 unspecified atom stereocenters. The molecule has 0 aliphatic carbocycles. The van der Waals surface area contributed by atoms with E-state index in [2.05, 4.69) is 11.9 Å². The van der Waals surface area contributed by atoms with Crippen LogP contribution in [0.5, 0.6) is 0 Å². The Labute approximate surface area is 107 Å². The number of nitrogens with zero attached hydrogens (tertiary/aromatic N) is 2. The van der Waals surface area contributed by atoms with Gasteiger partial charge in [0, 0.05) is 13.0 Å². The third kappa shape index (κ3) is 2.02. The summed E-state index contributed by atoms with van der Waals surface area (Å²) in [5, 5.41) is 0. The highest BCUT2D eigenvalue weighted by molar-refractivity contribution is 6.05. The van der Waals surface area contributed by atoms with Gasteiger partial charge in [-0.05, 0) is 39.9 Å². The molecule has 16 heavy (non-hydrogen) atoms. The first-order chi connectivity index (χ1) is 7.09. The summed E-state index contributed by atoms with van der Waals surface area (Å²) in [6, 6.07) is 0. The van der Waals surface area contributed by atoms with Crippen molar-refractivity contribution in [3.8, 4) is 0 Å². The van der Waals surface area contributed by atoms with E-state index in [1.54, 1.807) is 0 Å². The number of rotatable bonds is 1. The number of carbonyl (C=O) groups is 2. The van der Waals surface area contributed by atoms with Crippen LogP contribution in [0.25, 0.3) is 0 Å². The SMILES string of the molecule is CCN1C(=O)CC2(CCN(C)CC2)C1=O.[Br-]. The number of likely N-dealkylation sites (tertiary alicyclic amines) is 2. The van der Waals surface area contributed by atoms with Gasteiger partial charge in [0.05, 0.1) is 5.41 Å². The predicted octanol–water partition coefficient (Wildman–Crippen LogP) is -2.52. The second kappa shape index (κ2) is 4.84. The molecule has 0 bridgehead atoms. The molecule has 2 heterocycles. The smallest absolute Gasteiger partial charge is 0.235 e. The zero-order valence-electron chi connectivity index (χ0n) is 9.83. The summed E-state index contributed by atoms with van der Waals surface area (Å²) >= 11 is 0. The third-order valence-electron chi connectivity index (χ3n) is 3.75. The maximum absolute atomic E-state index is 12.1. The van der Waals surface area contributed by atoms with Gasteiger partial charge in [0.1, 0.15) is 0 Å². The van der Waals surface area contributed by atoms with Crippen LogP contribution in [0.4, 0.5) is 0 Å². The molecule has 2 amide bonds. The van der Waals surface area contributed by atoms with Gasteiger partial charge < -0.3 is 21.9 Å². The predicted molar refractivity (Wildman–Crippen MR) is 56.2 cm³/mol. The minimum absolute atomic E-state index is 0. The van der Waals surface area contributed by atoms with Crippen LogP contribution < -0.4 is 17.0 Å². The van der Waals surface area contributed by atoms with E-state index in [1.165, 1.54) is 4.90 Å². The molecule has 0 aromatic heterocycles. The summed E-state index contributed by atoms with van der Waals surface area (Å²) < 4.78 is 0. The lowest BCUT2D eigenvalue weighted by atomic mass is 9.77. The van der Waals surface area contributed by atoms with Gasteiger partial charge in [-0.2, -0.15) is 0 Å². The van der Waals surface area contributed by atoms with Gasteiger partial charge in [0.15, 0.2) is 0 Å². The van der Waals surface area contributed by atoms with Crippen molar-refractivity contribution in [2.75, 3.05) is 26.7 Å². The topological polar surface area (TPSA) is 40.6 Å². The summed E-state index contributed by atoms with van der Waals surface area (Å²) in [5.74, 6) is 0.0927. The van der Waals surface area contributed by atoms with E-state index in [0.29, 0.717) is 13.0 Å². The lowest BCUT2D eigenvalue weighted by molar-refractivity contribution is -0.142. The lowest BCUT2D eigenvalue weighted by Crippen LogP contribution is -3.00. The molecule has 0 aromatic carbocycles. The van der Waals surface area contributed by atoms with E-state index in [9.17, 15) is 9.59 Å². The number of halogens is 1. The largest absolute Gasteiger partial charge is 1.00 e. The number of hydrogen-bond donors (Lipinski definition) is 0. The second-order valence-electron chi connectivity index (χ2n) is 4.70. The first kappa shape index (κ1) is 13.6. The van der Waals surface area contributed by atoms with Gasteiger partial charge in [-0.1, -0.05) is 0 Å². The molecule has 2 rings (SSSR count). The maximum atomic E-state index is 12.1. The fourth-order valence-corrected chi connectivity index (χ4v) is 2.62. The van der Waals surface area contributed by atoms with E-state index in [0.717, 1.165) is 25.9 Å². The average Bonchev–Trinajstić information content (AvgIpc) is 2.44. The van der Waals surface area contributed by atoms with Crippen LogP contribution >= 0.6 is 0 Å². The molecule has 0 atom stereocenters. The highest BCUT2D eigenvalue weighted by Gasteiger charge is 2.51. The van der Waals surface area contributed by atoms with Gasteiger partial charge in [0.2, 0.25) is 11.8 Å². The third-order valence-corrected chi connectivity index (χ3v) is 3.75. The Morgan fingerprint density at radius 3 is 2.25 bits per heavy atom. The Bertz CT molecular complexity index is 298. The molecule has 2 fully saturated rings. The normalized spacial score (nSPS) is 25.0. The van der Waals surface area contributed by atoms with E-state index in [1.807, 2.05) is 6.92 Å². The summed E-state index contributed by atoms with van der Waals surface area (Å²) in [6.45, 7) is 4.24. The van der Waals surface area contributed by atoms with Crippen molar-refractivity contribution in [3.63, 3.8) is 0 Å². The summed E-state index contributed by atoms with van der Waals surface area (Å²) in [7, 11) is 2.06. The zero-order chi connectivity index (χ0) is 11.1. The van der Waals surface area contributed by atoms with Crippen molar-refractivity contribution in [2.24, 2.45) is 5.41 Å². The standard InChI is InChI=1S/C11H18N2O2.BrH/c1-3-13-9(14)8-11(10(13)15)4-6-12(2)7-5-11;/h3-8H2,1-2H3;1H/p-1. The number of hydrogen-bond acceptors (Lipinski definition) is 3. The highest BCUT2D eigenvalue weighted by atomic mass is 79.9. The summed E-state index contributed by atoms with van der Waals surface area (Å²) in [5.41, 5.74) is -0.348. The summed E-state index contributed by atoms with van der Waals surface area (Å²) in [4.78, 5) is 27.4. The number of piperidine rings is 1. The van der Waals surface area contributed by atoms with Crippen LogP contribution in [-0.4, -0.2) is 48.3 Å². The van der Waals surface area contributed by atoms with Crippen LogP contribution in [0.2, 0.25) is 0 Å². The second-order valence-corrected chi connectivity index (χ2v) is 4.70. The fourth-order valence-electron chi connectivity index (χ4n) is 2.62. The van der Waals surface area contributed by atoms with Crippen LogP contribution in [0.3, 0.4) is 0 Å². The number of amides is 2. The molecule has 4 nitrogen and oxygen atoms in total. The molecule has 2 aliphatic heterocycles. The Morgan fingerprint density at radius 2 is 1.81 bits per heavy atom.